The average molecular weight is 290 g/mol. The van der Waals surface area contributed by atoms with Gasteiger partial charge in [-0.25, -0.2) is 0 Å². The highest BCUT2D eigenvalue weighted by Crippen LogP contribution is 2.34. The van der Waals surface area contributed by atoms with E-state index in [9.17, 15) is 0 Å². The molecule has 5 nitrogen and oxygen atoms in total. The van der Waals surface area contributed by atoms with Crippen molar-refractivity contribution in [3.05, 3.63) is 23.8 Å². The fourth-order valence-electron chi connectivity index (χ4n) is 2.74. The first-order valence-electron chi connectivity index (χ1n) is 7.31. The van der Waals surface area contributed by atoms with Crippen molar-refractivity contribution >= 4 is 6.21 Å². The molecule has 0 bridgehead atoms. The van der Waals surface area contributed by atoms with Crippen LogP contribution >= 0.6 is 0 Å². The Morgan fingerprint density at radius 1 is 1.33 bits per heavy atom. The number of hydrogen-bond acceptors (Lipinski definition) is 5. The molecule has 1 saturated heterocycles. The van der Waals surface area contributed by atoms with Crippen molar-refractivity contribution in [1.82, 2.24) is 5.32 Å². The van der Waals surface area contributed by atoms with Crippen LogP contribution < -0.4 is 14.8 Å². The van der Waals surface area contributed by atoms with Crippen LogP contribution in [0.4, 0.5) is 0 Å². The minimum absolute atomic E-state index is 0.192. The Hall–Kier alpha value is -1.59. The van der Waals surface area contributed by atoms with Gasteiger partial charge in [-0.15, -0.1) is 0 Å². The van der Waals surface area contributed by atoms with Crippen molar-refractivity contribution in [2.24, 2.45) is 10.4 Å². The predicted molar refractivity (Wildman–Crippen MR) is 81.2 cm³/mol. The van der Waals surface area contributed by atoms with Crippen LogP contribution in [0.2, 0.25) is 0 Å². The molecule has 2 aliphatic heterocycles. The summed E-state index contributed by atoms with van der Waals surface area (Å²) >= 11 is 0. The number of ether oxygens (including phenoxy) is 3. The molecule has 2 aliphatic rings. The van der Waals surface area contributed by atoms with Gasteiger partial charge in [-0.1, -0.05) is 13.0 Å². The van der Waals surface area contributed by atoms with Crippen LogP contribution in [0.15, 0.2) is 23.2 Å². The molecule has 0 amide bonds. The van der Waals surface area contributed by atoms with Crippen LogP contribution in [0.5, 0.6) is 11.5 Å². The van der Waals surface area contributed by atoms with Gasteiger partial charge >= 0.3 is 0 Å². The first-order chi connectivity index (χ1) is 10.2. The average Bonchev–Trinajstić information content (AvgIpc) is 2.92. The lowest BCUT2D eigenvalue weighted by atomic mass is 9.79. The van der Waals surface area contributed by atoms with E-state index in [1.807, 2.05) is 25.4 Å². The lowest BCUT2D eigenvalue weighted by Gasteiger charge is -2.44. The third-order valence-electron chi connectivity index (χ3n) is 4.22. The van der Waals surface area contributed by atoms with Crippen LogP contribution in [0.25, 0.3) is 0 Å². The minimum atomic E-state index is 0.192. The second-order valence-corrected chi connectivity index (χ2v) is 5.94. The normalized spacial score (nSPS) is 20.5. The zero-order valence-corrected chi connectivity index (χ0v) is 12.6. The van der Waals surface area contributed by atoms with Crippen molar-refractivity contribution in [2.45, 2.75) is 25.9 Å². The van der Waals surface area contributed by atoms with Gasteiger partial charge < -0.3 is 24.5 Å². The van der Waals surface area contributed by atoms with Crippen LogP contribution in [0.3, 0.4) is 0 Å². The van der Waals surface area contributed by atoms with Gasteiger partial charge in [-0.2, -0.15) is 0 Å². The highest BCUT2D eigenvalue weighted by molar-refractivity contribution is 5.58. The van der Waals surface area contributed by atoms with E-state index in [0.717, 1.165) is 37.7 Å². The van der Waals surface area contributed by atoms with Gasteiger partial charge in [0.25, 0.3) is 0 Å². The molecular formula is C16H22N2O3. The zero-order valence-electron chi connectivity index (χ0n) is 12.6. The van der Waals surface area contributed by atoms with Gasteiger partial charge in [-0.05, 0) is 30.3 Å². The zero-order chi connectivity index (χ0) is 14.7. The summed E-state index contributed by atoms with van der Waals surface area (Å²) in [6, 6.07) is 6.45. The molecule has 1 unspecified atom stereocenters. The number of fused-ring (bicyclic) bond motifs is 1. The molecule has 0 saturated carbocycles. The Morgan fingerprint density at radius 2 is 2.14 bits per heavy atom. The van der Waals surface area contributed by atoms with Crippen molar-refractivity contribution in [3.63, 3.8) is 0 Å². The summed E-state index contributed by atoms with van der Waals surface area (Å²) in [6.45, 7) is 5.00. The van der Waals surface area contributed by atoms with Crippen LogP contribution in [0, 0.1) is 5.41 Å². The van der Waals surface area contributed by atoms with E-state index in [-0.39, 0.29) is 5.41 Å². The number of aliphatic imine (C=N–C) groups is 1. The highest BCUT2D eigenvalue weighted by Gasteiger charge is 2.40. The summed E-state index contributed by atoms with van der Waals surface area (Å²) in [7, 11) is 1.81. The summed E-state index contributed by atoms with van der Waals surface area (Å²) in [5, 5.41) is 3.64. The molecule has 0 aliphatic carbocycles. The Balaban J connectivity index is 1.63. The SMILES string of the molecule is C/N=C/CC(NCc1ccc2c(c1)OCO2)C1(C)COC1. The van der Waals surface area contributed by atoms with E-state index in [1.54, 1.807) is 0 Å². The lowest BCUT2D eigenvalue weighted by molar-refractivity contribution is -0.120. The van der Waals surface area contributed by atoms with Crippen molar-refractivity contribution < 1.29 is 14.2 Å². The minimum Gasteiger partial charge on any atom is -0.454 e. The quantitative estimate of drug-likeness (QED) is 0.814. The molecule has 1 fully saturated rings. The first kappa shape index (κ1) is 14.4. The van der Waals surface area contributed by atoms with Crippen molar-refractivity contribution in [2.75, 3.05) is 27.1 Å². The number of hydrogen-bond donors (Lipinski definition) is 1. The van der Waals surface area contributed by atoms with Crippen molar-refractivity contribution in [1.29, 1.82) is 0 Å². The molecule has 1 aromatic rings. The number of nitrogens with one attached hydrogen (secondary N) is 1. The number of benzene rings is 1. The number of rotatable bonds is 6. The molecule has 1 atom stereocenters. The van der Waals surface area contributed by atoms with Gasteiger partial charge in [0.1, 0.15) is 0 Å². The number of nitrogens with zero attached hydrogens (tertiary/aromatic N) is 1. The maximum atomic E-state index is 5.42. The molecule has 5 heteroatoms. The molecule has 0 spiro atoms. The van der Waals surface area contributed by atoms with Gasteiger partial charge in [-0.3, -0.25) is 0 Å². The van der Waals surface area contributed by atoms with Crippen LogP contribution in [-0.4, -0.2) is 39.3 Å². The van der Waals surface area contributed by atoms with E-state index in [2.05, 4.69) is 23.3 Å². The maximum absolute atomic E-state index is 5.42. The molecule has 0 aromatic heterocycles. The lowest BCUT2D eigenvalue weighted by Crippen LogP contribution is -2.55. The van der Waals surface area contributed by atoms with Gasteiger partial charge in [0.15, 0.2) is 11.5 Å². The van der Waals surface area contributed by atoms with E-state index in [1.165, 1.54) is 5.56 Å². The first-order valence-corrected chi connectivity index (χ1v) is 7.31. The molecule has 114 valence electrons. The fraction of sp³-hybridized carbons (Fsp3) is 0.562. The van der Waals surface area contributed by atoms with E-state index >= 15 is 0 Å². The summed E-state index contributed by atoms with van der Waals surface area (Å²) < 4.78 is 16.1. The molecule has 1 aromatic carbocycles. The second kappa shape index (κ2) is 6.03. The maximum Gasteiger partial charge on any atom is 0.231 e. The fourth-order valence-corrected chi connectivity index (χ4v) is 2.74. The third-order valence-corrected chi connectivity index (χ3v) is 4.22. The topological polar surface area (TPSA) is 52.1 Å². The largest absolute Gasteiger partial charge is 0.454 e. The molecule has 21 heavy (non-hydrogen) atoms. The molecular weight excluding hydrogens is 268 g/mol. The summed E-state index contributed by atoms with van der Waals surface area (Å²) in [6.07, 6.45) is 2.89. The van der Waals surface area contributed by atoms with E-state index in [4.69, 9.17) is 14.2 Å². The predicted octanol–water partition coefficient (Wildman–Crippen LogP) is 2.00. The molecule has 0 radical (unpaired) electrons. The molecule has 2 heterocycles. The second-order valence-electron chi connectivity index (χ2n) is 5.94. The highest BCUT2D eigenvalue weighted by atomic mass is 16.7. The molecule has 1 N–H and O–H groups in total. The Bertz CT molecular complexity index is 526. The van der Waals surface area contributed by atoms with Gasteiger partial charge in [0.2, 0.25) is 6.79 Å². The Morgan fingerprint density at radius 3 is 2.86 bits per heavy atom. The van der Waals surface area contributed by atoms with Crippen molar-refractivity contribution in [3.8, 4) is 11.5 Å². The Labute approximate surface area is 125 Å². The third kappa shape index (κ3) is 3.04. The summed E-state index contributed by atoms with van der Waals surface area (Å²) in [4.78, 5) is 4.11. The summed E-state index contributed by atoms with van der Waals surface area (Å²) in [5.41, 5.74) is 1.39. The monoisotopic (exact) mass is 290 g/mol. The van der Waals surface area contributed by atoms with Crippen LogP contribution in [0.1, 0.15) is 18.9 Å². The molecule has 3 rings (SSSR count). The van der Waals surface area contributed by atoms with Gasteiger partial charge in [0, 0.05) is 25.0 Å². The van der Waals surface area contributed by atoms with E-state index < -0.39 is 0 Å². The van der Waals surface area contributed by atoms with E-state index in [0.29, 0.717) is 12.8 Å². The van der Waals surface area contributed by atoms with Gasteiger partial charge in [0.05, 0.1) is 13.2 Å². The smallest absolute Gasteiger partial charge is 0.231 e. The standard InChI is InChI=1S/C16H22N2O3/c1-16(9-19-10-16)15(5-6-17-2)18-8-12-3-4-13-14(7-12)21-11-20-13/h3-4,6-7,15,18H,5,8-11H2,1-2H3/b17-6+. The van der Waals surface area contributed by atoms with Crippen LogP contribution in [-0.2, 0) is 11.3 Å². The summed E-state index contributed by atoms with van der Waals surface area (Å²) in [5.74, 6) is 1.66. The Kier molecular flexibility index (Phi) is 4.12.